The van der Waals surface area contributed by atoms with Crippen molar-refractivity contribution in [3.05, 3.63) is 69.2 Å². The Hall–Kier alpha value is -2.59. The number of aromatic amines is 1. The molecule has 0 radical (unpaired) electrons. The number of nitrogens with one attached hydrogen (secondary N) is 1. The zero-order chi connectivity index (χ0) is 16.4. The molecule has 0 bridgehead atoms. The third-order valence-electron chi connectivity index (χ3n) is 3.53. The van der Waals surface area contributed by atoms with Crippen LogP contribution in [0.1, 0.15) is 11.4 Å². The normalized spacial score (nSPS) is 11.3. The number of fused-ring (bicyclic) bond motifs is 1. The minimum absolute atomic E-state index is 0.194. The number of anilines is 1. The summed E-state index contributed by atoms with van der Waals surface area (Å²) in [7, 11) is 4.00. The van der Waals surface area contributed by atoms with Crippen LogP contribution in [0.4, 0.5) is 5.69 Å². The van der Waals surface area contributed by atoms with Gasteiger partial charge >= 0.3 is 0 Å². The van der Waals surface area contributed by atoms with Crippen molar-refractivity contribution >= 4 is 40.3 Å². The Labute approximate surface area is 139 Å². The maximum Gasteiger partial charge on any atom is 0.259 e. The highest BCUT2D eigenvalue weighted by atomic mass is 35.5. The number of hydrogen-bond donors (Lipinski definition) is 1. The van der Waals surface area contributed by atoms with E-state index in [1.807, 2.05) is 49.3 Å². The molecular formula is C18H16ClN3O. The van der Waals surface area contributed by atoms with Crippen molar-refractivity contribution in [2.24, 2.45) is 0 Å². The van der Waals surface area contributed by atoms with Gasteiger partial charge in [-0.2, -0.15) is 0 Å². The average molecular weight is 326 g/mol. The van der Waals surface area contributed by atoms with Gasteiger partial charge in [0.15, 0.2) is 0 Å². The molecule has 116 valence electrons. The molecule has 0 saturated carbocycles. The maximum absolute atomic E-state index is 12.1. The van der Waals surface area contributed by atoms with Crippen LogP contribution in [0.5, 0.6) is 0 Å². The number of halogens is 1. The van der Waals surface area contributed by atoms with E-state index in [1.165, 1.54) is 0 Å². The minimum atomic E-state index is -0.194. The molecule has 0 fully saturated rings. The summed E-state index contributed by atoms with van der Waals surface area (Å²) in [5.41, 5.74) is 2.60. The van der Waals surface area contributed by atoms with Gasteiger partial charge in [-0.15, -0.1) is 0 Å². The number of H-pyrrole nitrogens is 1. The Morgan fingerprint density at radius 3 is 2.52 bits per heavy atom. The second kappa shape index (κ2) is 6.26. The smallest absolute Gasteiger partial charge is 0.259 e. The maximum atomic E-state index is 12.1. The van der Waals surface area contributed by atoms with Crippen LogP contribution >= 0.6 is 11.6 Å². The number of nitrogens with zero attached hydrogens (tertiary/aromatic N) is 2. The van der Waals surface area contributed by atoms with E-state index < -0.39 is 0 Å². The molecule has 23 heavy (non-hydrogen) atoms. The molecule has 3 rings (SSSR count). The molecule has 5 heteroatoms. The summed E-state index contributed by atoms with van der Waals surface area (Å²) < 4.78 is 0. The van der Waals surface area contributed by atoms with Crippen LogP contribution < -0.4 is 10.5 Å². The zero-order valence-electron chi connectivity index (χ0n) is 12.9. The molecule has 1 N–H and O–H groups in total. The van der Waals surface area contributed by atoms with Gasteiger partial charge in [-0.05, 0) is 42.0 Å². The molecule has 4 nitrogen and oxygen atoms in total. The lowest BCUT2D eigenvalue weighted by Gasteiger charge is -2.11. The van der Waals surface area contributed by atoms with Crippen molar-refractivity contribution in [2.75, 3.05) is 19.0 Å². The molecule has 0 saturated heterocycles. The monoisotopic (exact) mass is 325 g/mol. The number of hydrogen-bond acceptors (Lipinski definition) is 3. The van der Waals surface area contributed by atoms with Crippen LogP contribution in [0, 0.1) is 0 Å². The van der Waals surface area contributed by atoms with E-state index in [1.54, 1.807) is 24.3 Å². The lowest BCUT2D eigenvalue weighted by atomic mass is 10.2. The molecule has 0 amide bonds. The van der Waals surface area contributed by atoms with Crippen LogP contribution in [0.25, 0.3) is 23.1 Å². The Morgan fingerprint density at radius 2 is 1.83 bits per heavy atom. The van der Waals surface area contributed by atoms with Crippen molar-refractivity contribution in [1.29, 1.82) is 0 Å². The van der Waals surface area contributed by atoms with E-state index in [-0.39, 0.29) is 5.56 Å². The quantitative estimate of drug-likeness (QED) is 0.796. The summed E-state index contributed by atoms with van der Waals surface area (Å²) in [5, 5.41) is 1.01. The summed E-state index contributed by atoms with van der Waals surface area (Å²) in [4.78, 5) is 21.3. The Morgan fingerprint density at radius 1 is 1.09 bits per heavy atom. The highest BCUT2D eigenvalue weighted by Crippen LogP contribution is 2.16. The Balaban J connectivity index is 1.91. The fourth-order valence-electron chi connectivity index (χ4n) is 2.27. The molecule has 0 spiro atoms. The third kappa shape index (κ3) is 3.43. The fourth-order valence-corrected chi connectivity index (χ4v) is 2.44. The van der Waals surface area contributed by atoms with E-state index in [0.29, 0.717) is 21.7 Å². The SMILES string of the molecule is CN(C)c1ccc(/C=C/c2nc3ccc(Cl)cc3c(=O)[nH]2)cc1. The van der Waals surface area contributed by atoms with Crippen LogP contribution in [-0.4, -0.2) is 24.1 Å². The minimum Gasteiger partial charge on any atom is -0.378 e. The van der Waals surface area contributed by atoms with Gasteiger partial charge in [-0.1, -0.05) is 29.8 Å². The van der Waals surface area contributed by atoms with Gasteiger partial charge in [0.25, 0.3) is 5.56 Å². The first-order valence-electron chi connectivity index (χ1n) is 7.18. The van der Waals surface area contributed by atoms with Crippen LogP contribution in [0.2, 0.25) is 5.02 Å². The molecule has 1 heterocycles. The predicted molar refractivity (Wildman–Crippen MR) is 97.1 cm³/mol. The van der Waals surface area contributed by atoms with Gasteiger partial charge in [0.2, 0.25) is 0 Å². The summed E-state index contributed by atoms with van der Waals surface area (Å²) >= 11 is 5.91. The topological polar surface area (TPSA) is 49.0 Å². The van der Waals surface area contributed by atoms with E-state index in [0.717, 1.165) is 11.3 Å². The van der Waals surface area contributed by atoms with Gasteiger partial charge < -0.3 is 9.88 Å². The van der Waals surface area contributed by atoms with Gasteiger partial charge in [0.1, 0.15) is 5.82 Å². The molecule has 0 unspecified atom stereocenters. The van der Waals surface area contributed by atoms with Crippen molar-refractivity contribution < 1.29 is 0 Å². The van der Waals surface area contributed by atoms with Gasteiger partial charge in [-0.25, -0.2) is 4.98 Å². The number of rotatable bonds is 3. The summed E-state index contributed by atoms with van der Waals surface area (Å²) in [6.45, 7) is 0. The van der Waals surface area contributed by atoms with Gasteiger partial charge in [0, 0.05) is 24.8 Å². The van der Waals surface area contributed by atoms with Crippen molar-refractivity contribution in [3.63, 3.8) is 0 Å². The first-order chi connectivity index (χ1) is 11.0. The van der Waals surface area contributed by atoms with Crippen molar-refractivity contribution in [1.82, 2.24) is 9.97 Å². The molecule has 0 aliphatic heterocycles. The first-order valence-corrected chi connectivity index (χ1v) is 7.56. The van der Waals surface area contributed by atoms with Crippen molar-refractivity contribution in [3.8, 4) is 0 Å². The zero-order valence-corrected chi connectivity index (χ0v) is 13.6. The Bertz CT molecular complexity index is 927. The van der Waals surface area contributed by atoms with Crippen LogP contribution in [-0.2, 0) is 0 Å². The average Bonchev–Trinajstić information content (AvgIpc) is 2.54. The van der Waals surface area contributed by atoms with E-state index >= 15 is 0 Å². The molecule has 0 aliphatic rings. The highest BCUT2D eigenvalue weighted by Gasteiger charge is 2.02. The number of aromatic nitrogens is 2. The van der Waals surface area contributed by atoms with Crippen molar-refractivity contribution in [2.45, 2.75) is 0 Å². The lowest BCUT2D eigenvalue weighted by Crippen LogP contribution is -2.09. The van der Waals surface area contributed by atoms with E-state index in [9.17, 15) is 4.79 Å². The lowest BCUT2D eigenvalue weighted by molar-refractivity contribution is 1.13. The fraction of sp³-hybridized carbons (Fsp3) is 0.111. The summed E-state index contributed by atoms with van der Waals surface area (Å²) in [6, 6.07) is 13.2. The molecule has 0 atom stereocenters. The second-order valence-corrected chi connectivity index (χ2v) is 5.87. The predicted octanol–water partition coefficient (Wildman–Crippen LogP) is 3.81. The number of benzene rings is 2. The van der Waals surface area contributed by atoms with Gasteiger partial charge in [0.05, 0.1) is 10.9 Å². The first kappa shape index (κ1) is 15.3. The largest absolute Gasteiger partial charge is 0.378 e. The highest BCUT2D eigenvalue weighted by molar-refractivity contribution is 6.31. The molecule has 1 aromatic heterocycles. The van der Waals surface area contributed by atoms with E-state index in [4.69, 9.17) is 11.6 Å². The standard InChI is InChI=1S/C18H16ClN3O/c1-22(2)14-7-3-12(4-8-14)5-10-17-20-16-9-6-13(19)11-15(16)18(23)21-17/h3-11H,1-2H3,(H,20,21,23)/b10-5+. The molecule has 2 aromatic carbocycles. The van der Waals surface area contributed by atoms with Crippen LogP contribution in [0.15, 0.2) is 47.3 Å². The summed E-state index contributed by atoms with van der Waals surface area (Å²) in [5.74, 6) is 0.515. The third-order valence-corrected chi connectivity index (χ3v) is 3.76. The van der Waals surface area contributed by atoms with Gasteiger partial charge in [-0.3, -0.25) is 4.79 Å². The Kier molecular flexibility index (Phi) is 4.17. The molecular weight excluding hydrogens is 310 g/mol. The molecule has 0 aliphatic carbocycles. The summed E-state index contributed by atoms with van der Waals surface area (Å²) in [6.07, 6.45) is 3.71. The van der Waals surface area contributed by atoms with Crippen LogP contribution in [0.3, 0.4) is 0 Å². The molecule has 3 aromatic rings. The second-order valence-electron chi connectivity index (χ2n) is 5.43. The van der Waals surface area contributed by atoms with E-state index in [2.05, 4.69) is 9.97 Å².